The summed E-state index contributed by atoms with van der Waals surface area (Å²) in [6.07, 6.45) is 3.50. The highest BCUT2D eigenvalue weighted by atomic mass is 35.5. The third-order valence-corrected chi connectivity index (χ3v) is 4.60. The molecule has 1 aliphatic heterocycles. The van der Waals surface area contributed by atoms with E-state index in [-0.39, 0.29) is 17.6 Å². The number of ketones is 1. The number of hydrogen-bond donors (Lipinski definition) is 0. The fraction of sp³-hybridized carbons (Fsp3) is 0.500. The minimum Gasteiger partial charge on any atom is -0.312 e. The zero-order chi connectivity index (χ0) is 14.3. The van der Waals surface area contributed by atoms with Gasteiger partial charge in [-0.3, -0.25) is 9.59 Å². The number of alkyl halides is 1. The van der Waals surface area contributed by atoms with Crippen molar-refractivity contribution in [2.24, 2.45) is 5.92 Å². The highest BCUT2D eigenvalue weighted by Gasteiger charge is 2.36. The predicted molar refractivity (Wildman–Crippen MR) is 79.5 cm³/mol. The summed E-state index contributed by atoms with van der Waals surface area (Å²) in [4.78, 5) is 26.2. The standard InChI is InChI=1S/C16H18ClNO2/c1-2-13(17)15(19)12-5-6-14-11(9-12)7-8-18(14)16(20)10-3-4-10/h5-6,9-10,13H,2-4,7-8H2,1H3. The summed E-state index contributed by atoms with van der Waals surface area (Å²) in [7, 11) is 0. The van der Waals surface area contributed by atoms with Gasteiger partial charge in [0.25, 0.3) is 0 Å². The molecule has 106 valence electrons. The van der Waals surface area contributed by atoms with Gasteiger partial charge in [0.05, 0.1) is 5.38 Å². The second-order valence-electron chi connectivity index (χ2n) is 5.60. The third-order valence-electron chi connectivity index (χ3n) is 4.10. The molecule has 1 saturated carbocycles. The lowest BCUT2D eigenvalue weighted by molar-refractivity contribution is -0.119. The summed E-state index contributed by atoms with van der Waals surface area (Å²) in [5.74, 6) is 0.449. The van der Waals surface area contributed by atoms with E-state index in [2.05, 4.69) is 0 Å². The van der Waals surface area contributed by atoms with Crippen LogP contribution in [0.15, 0.2) is 18.2 Å². The van der Waals surface area contributed by atoms with Crippen LogP contribution in [0, 0.1) is 5.92 Å². The van der Waals surface area contributed by atoms with Crippen LogP contribution >= 0.6 is 11.6 Å². The van der Waals surface area contributed by atoms with E-state index in [0.717, 1.165) is 37.1 Å². The maximum Gasteiger partial charge on any atom is 0.230 e. The van der Waals surface area contributed by atoms with Gasteiger partial charge in [0.1, 0.15) is 0 Å². The Labute approximate surface area is 123 Å². The molecule has 4 heteroatoms. The zero-order valence-electron chi connectivity index (χ0n) is 11.6. The van der Waals surface area contributed by atoms with E-state index in [1.54, 1.807) is 6.07 Å². The van der Waals surface area contributed by atoms with Gasteiger partial charge in [0, 0.05) is 23.7 Å². The minimum absolute atomic E-state index is 0.0241. The Bertz CT molecular complexity index is 566. The van der Waals surface area contributed by atoms with E-state index in [4.69, 9.17) is 11.6 Å². The molecule has 1 heterocycles. The van der Waals surface area contributed by atoms with Crippen molar-refractivity contribution in [3.63, 3.8) is 0 Å². The monoisotopic (exact) mass is 291 g/mol. The molecule has 1 amide bonds. The van der Waals surface area contributed by atoms with E-state index in [9.17, 15) is 9.59 Å². The third kappa shape index (κ3) is 2.35. The molecule has 1 atom stereocenters. The van der Waals surface area contributed by atoms with Crippen LogP contribution in [0.25, 0.3) is 0 Å². The van der Waals surface area contributed by atoms with E-state index < -0.39 is 5.38 Å². The number of fused-ring (bicyclic) bond motifs is 1. The smallest absolute Gasteiger partial charge is 0.230 e. The summed E-state index contributed by atoms with van der Waals surface area (Å²) in [5.41, 5.74) is 2.72. The Morgan fingerprint density at radius 2 is 2.15 bits per heavy atom. The largest absolute Gasteiger partial charge is 0.312 e. The van der Waals surface area contributed by atoms with Crippen molar-refractivity contribution in [3.8, 4) is 0 Å². The van der Waals surface area contributed by atoms with Crippen LogP contribution in [0.5, 0.6) is 0 Å². The van der Waals surface area contributed by atoms with E-state index in [1.165, 1.54) is 0 Å². The van der Waals surface area contributed by atoms with Crippen molar-refractivity contribution >= 4 is 29.0 Å². The molecule has 1 aliphatic carbocycles. The fourth-order valence-corrected chi connectivity index (χ4v) is 2.83. The molecule has 1 aromatic rings. The lowest BCUT2D eigenvalue weighted by Gasteiger charge is -2.17. The Hall–Kier alpha value is -1.35. The number of anilines is 1. The average Bonchev–Trinajstić information content (AvgIpc) is 3.24. The van der Waals surface area contributed by atoms with Crippen LogP contribution in [0.1, 0.15) is 42.1 Å². The number of rotatable bonds is 4. The van der Waals surface area contributed by atoms with Gasteiger partial charge in [0.15, 0.2) is 5.78 Å². The molecule has 0 N–H and O–H groups in total. The van der Waals surface area contributed by atoms with Crippen molar-refractivity contribution in [2.75, 3.05) is 11.4 Å². The van der Waals surface area contributed by atoms with Gasteiger partial charge in [0.2, 0.25) is 5.91 Å². The number of hydrogen-bond acceptors (Lipinski definition) is 2. The maximum absolute atomic E-state index is 12.2. The molecule has 3 rings (SSSR count). The first-order chi connectivity index (χ1) is 9.61. The number of Topliss-reactive ketones (excluding diaryl/α,β-unsaturated/α-hetero) is 1. The first-order valence-electron chi connectivity index (χ1n) is 7.24. The molecule has 0 bridgehead atoms. The van der Waals surface area contributed by atoms with Crippen molar-refractivity contribution in [2.45, 2.75) is 38.0 Å². The molecule has 0 aromatic heterocycles. The van der Waals surface area contributed by atoms with Crippen molar-refractivity contribution in [1.29, 1.82) is 0 Å². The van der Waals surface area contributed by atoms with Crippen LogP contribution in [0.3, 0.4) is 0 Å². The van der Waals surface area contributed by atoms with Crippen molar-refractivity contribution in [3.05, 3.63) is 29.3 Å². The second-order valence-corrected chi connectivity index (χ2v) is 6.12. The van der Waals surface area contributed by atoms with Gasteiger partial charge in [-0.05, 0) is 49.4 Å². The summed E-state index contributed by atoms with van der Waals surface area (Å²) in [6.45, 7) is 2.64. The first-order valence-corrected chi connectivity index (χ1v) is 7.68. The summed E-state index contributed by atoms with van der Waals surface area (Å²) < 4.78 is 0. The lowest BCUT2D eigenvalue weighted by Crippen LogP contribution is -2.30. The van der Waals surface area contributed by atoms with E-state index >= 15 is 0 Å². The summed E-state index contributed by atoms with van der Waals surface area (Å²) in [6, 6.07) is 5.60. The molecule has 0 saturated heterocycles. The Balaban J connectivity index is 1.84. The molecule has 0 radical (unpaired) electrons. The maximum atomic E-state index is 12.2. The van der Waals surface area contributed by atoms with Crippen LogP contribution in [-0.2, 0) is 11.2 Å². The number of benzene rings is 1. The number of nitrogens with zero attached hydrogens (tertiary/aromatic N) is 1. The molecular formula is C16H18ClNO2. The highest BCUT2D eigenvalue weighted by Crippen LogP contribution is 2.36. The Kier molecular flexibility index (Phi) is 3.55. The normalized spacial score (nSPS) is 18.8. The van der Waals surface area contributed by atoms with Gasteiger partial charge in [-0.1, -0.05) is 6.92 Å². The molecule has 20 heavy (non-hydrogen) atoms. The van der Waals surface area contributed by atoms with E-state index in [1.807, 2.05) is 24.0 Å². The molecule has 1 aromatic carbocycles. The molecular weight excluding hydrogens is 274 g/mol. The highest BCUT2D eigenvalue weighted by molar-refractivity contribution is 6.33. The predicted octanol–water partition coefficient (Wildman–Crippen LogP) is 3.19. The first kappa shape index (κ1) is 13.6. The van der Waals surface area contributed by atoms with Crippen molar-refractivity contribution in [1.82, 2.24) is 0 Å². The van der Waals surface area contributed by atoms with Crippen LogP contribution < -0.4 is 4.90 Å². The topological polar surface area (TPSA) is 37.4 Å². The summed E-state index contributed by atoms with van der Waals surface area (Å²) >= 11 is 6.02. The van der Waals surface area contributed by atoms with Crippen LogP contribution in [0.4, 0.5) is 5.69 Å². The number of halogens is 1. The Morgan fingerprint density at radius 1 is 1.40 bits per heavy atom. The van der Waals surface area contributed by atoms with Crippen molar-refractivity contribution < 1.29 is 9.59 Å². The van der Waals surface area contributed by atoms with Gasteiger partial charge in [-0.2, -0.15) is 0 Å². The second kappa shape index (κ2) is 5.21. The van der Waals surface area contributed by atoms with Crippen LogP contribution in [-0.4, -0.2) is 23.6 Å². The summed E-state index contributed by atoms with van der Waals surface area (Å²) in [5, 5.41) is -0.460. The lowest BCUT2D eigenvalue weighted by atomic mass is 10.0. The molecule has 1 fully saturated rings. The zero-order valence-corrected chi connectivity index (χ0v) is 12.3. The molecule has 1 unspecified atom stereocenters. The van der Waals surface area contributed by atoms with Gasteiger partial charge >= 0.3 is 0 Å². The number of amides is 1. The number of carbonyl (C=O) groups excluding carboxylic acids is 2. The minimum atomic E-state index is -0.460. The molecule has 2 aliphatic rings. The van der Waals surface area contributed by atoms with E-state index in [0.29, 0.717) is 12.0 Å². The Morgan fingerprint density at radius 3 is 2.80 bits per heavy atom. The number of carbonyl (C=O) groups is 2. The van der Waals surface area contributed by atoms with Crippen LogP contribution in [0.2, 0.25) is 0 Å². The molecule has 0 spiro atoms. The van der Waals surface area contributed by atoms with Gasteiger partial charge < -0.3 is 4.90 Å². The van der Waals surface area contributed by atoms with Gasteiger partial charge in [-0.25, -0.2) is 0 Å². The fourth-order valence-electron chi connectivity index (χ4n) is 2.70. The molecule has 3 nitrogen and oxygen atoms in total. The average molecular weight is 292 g/mol. The van der Waals surface area contributed by atoms with Gasteiger partial charge in [-0.15, -0.1) is 11.6 Å². The SMILES string of the molecule is CCC(Cl)C(=O)c1ccc2c(c1)CCN2C(=O)C1CC1. The quantitative estimate of drug-likeness (QED) is 0.631.